The largest absolute Gasteiger partial charge is 0.356 e. The lowest BCUT2D eigenvalue weighted by molar-refractivity contribution is -0.383. The molecule has 146 valence electrons. The van der Waals surface area contributed by atoms with Gasteiger partial charge in [-0.3, -0.25) is 51.4 Å². The summed E-state index contributed by atoms with van der Waals surface area (Å²) in [6, 6.07) is 5.86. The number of hydrogen-bond donors (Lipinski definition) is 4. The van der Waals surface area contributed by atoms with Gasteiger partial charge in [0, 0.05) is 35.9 Å². The fraction of sp³-hybridized carbons (Fsp3) is 0. The summed E-state index contributed by atoms with van der Waals surface area (Å²) in [7, 11) is 0. The van der Waals surface area contributed by atoms with Crippen LogP contribution in [0.15, 0.2) is 55.4 Å². The van der Waals surface area contributed by atoms with Crippen molar-refractivity contribution in [2.45, 2.75) is 0 Å². The van der Waals surface area contributed by atoms with E-state index >= 15 is 0 Å². The van der Waals surface area contributed by atoms with Gasteiger partial charge in [0.25, 0.3) is 11.8 Å². The Bertz CT molecular complexity index is 957. The van der Waals surface area contributed by atoms with Crippen molar-refractivity contribution in [2.75, 3.05) is 10.9 Å². The summed E-state index contributed by atoms with van der Waals surface area (Å²) in [6.07, 6.45) is 6.73. The second-order valence-electron chi connectivity index (χ2n) is 5.31. The third-order valence-electron chi connectivity index (χ3n) is 3.48. The number of hydrogen-bond acceptors (Lipinski definition) is 10. The van der Waals surface area contributed by atoms with Crippen molar-refractivity contribution in [1.82, 2.24) is 30.8 Å². The molecule has 3 heterocycles. The van der Waals surface area contributed by atoms with Crippen LogP contribution in [0.25, 0.3) is 0 Å². The summed E-state index contributed by atoms with van der Waals surface area (Å²) in [6.45, 7) is 0. The topological polar surface area (TPSA) is 177 Å². The van der Waals surface area contributed by atoms with E-state index in [0.717, 1.165) is 6.33 Å². The lowest BCUT2D eigenvalue weighted by Crippen LogP contribution is -2.32. The number of nitrogens with one attached hydrogen (secondary N) is 4. The number of anilines is 2. The number of rotatable bonds is 7. The summed E-state index contributed by atoms with van der Waals surface area (Å²) < 4.78 is 0. The molecule has 0 saturated heterocycles. The van der Waals surface area contributed by atoms with Gasteiger partial charge in [0.1, 0.15) is 6.33 Å². The molecule has 3 rings (SSSR count). The SMILES string of the molecule is O=C(NNc1ncnc(NNC(=O)c2ccncc2)c1[N+](=O)[O-])c1ccncc1. The van der Waals surface area contributed by atoms with Crippen molar-refractivity contribution in [2.24, 2.45) is 0 Å². The highest BCUT2D eigenvalue weighted by Gasteiger charge is 2.24. The van der Waals surface area contributed by atoms with E-state index in [4.69, 9.17) is 0 Å². The van der Waals surface area contributed by atoms with E-state index < -0.39 is 22.4 Å². The lowest BCUT2D eigenvalue weighted by atomic mass is 10.2. The Morgan fingerprint density at radius 2 is 1.21 bits per heavy atom. The van der Waals surface area contributed by atoms with Gasteiger partial charge in [-0.05, 0) is 24.3 Å². The van der Waals surface area contributed by atoms with Crippen LogP contribution in [0.3, 0.4) is 0 Å². The highest BCUT2D eigenvalue weighted by atomic mass is 16.6. The van der Waals surface area contributed by atoms with Gasteiger partial charge in [-0.2, -0.15) is 0 Å². The first kappa shape index (κ1) is 19.1. The molecule has 0 radical (unpaired) electrons. The predicted molar refractivity (Wildman–Crippen MR) is 99.3 cm³/mol. The normalized spacial score (nSPS) is 9.93. The standard InChI is InChI=1S/C16H13N9O4/c26-15(10-1-5-17-6-2-10)23-21-13-12(25(28)29)14(20-9-19-13)22-24-16(27)11-3-7-18-8-4-11/h1-9H,(H,23,26)(H,24,27)(H2,19,20,21,22). The Hall–Kier alpha value is -4.68. The summed E-state index contributed by atoms with van der Waals surface area (Å²) in [5.74, 6) is -1.68. The van der Waals surface area contributed by atoms with Crippen LogP contribution in [0.4, 0.5) is 17.3 Å². The van der Waals surface area contributed by atoms with Gasteiger partial charge < -0.3 is 0 Å². The second kappa shape index (κ2) is 8.81. The van der Waals surface area contributed by atoms with Gasteiger partial charge in [0.05, 0.1) is 4.92 Å². The monoisotopic (exact) mass is 395 g/mol. The van der Waals surface area contributed by atoms with Crippen molar-refractivity contribution < 1.29 is 14.5 Å². The molecule has 0 unspecified atom stereocenters. The van der Waals surface area contributed by atoms with Crippen LogP contribution in [-0.4, -0.2) is 36.7 Å². The highest BCUT2D eigenvalue weighted by Crippen LogP contribution is 2.27. The summed E-state index contributed by atoms with van der Waals surface area (Å²) in [4.78, 5) is 49.9. The lowest BCUT2D eigenvalue weighted by Gasteiger charge is -2.11. The number of aromatic nitrogens is 4. The van der Waals surface area contributed by atoms with E-state index in [9.17, 15) is 19.7 Å². The Morgan fingerprint density at radius 3 is 1.59 bits per heavy atom. The molecule has 0 spiro atoms. The van der Waals surface area contributed by atoms with Crippen molar-refractivity contribution in [3.05, 3.63) is 76.6 Å². The number of carbonyl (C=O) groups excluding carboxylic acids is 2. The number of amides is 2. The molecule has 0 fully saturated rings. The Morgan fingerprint density at radius 1 is 0.793 bits per heavy atom. The van der Waals surface area contributed by atoms with Crippen molar-refractivity contribution in [3.63, 3.8) is 0 Å². The van der Waals surface area contributed by atoms with E-state index in [2.05, 4.69) is 41.6 Å². The number of nitrogens with zero attached hydrogens (tertiary/aromatic N) is 5. The molecule has 0 aromatic carbocycles. The first-order valence-electron chi connectivity index (χ1n) is 7.98. The van der Waals surface area contributed by atoms with Gasteiger partial charge in [0.2, 0.25) is 11.6 Å². The Balaban J connectivity index is 1.73. The molecule has 13 nitrogen and oxygen atoms in total. The molecular formula is C16H13N9O4. The molecule has 3 aromatic heterocycles. The molecule has 0 bridgehead atoms. The molecule has 0 aliphatic heterocycles. The number of hydrazine groups is 2. The molecule has 4 N–H and O–H groups in total. The van der Waals surface area contributed by atoms with Crippen molar-refractivity contribution >= 4 is 29.1 Å². The van der Waals surface area contributed by atoms with E-state index in [0.29, 0.717) is 0 Å². The van der Waals surface area contributed by atoms with Crippen LogP contribution in [0.5, 0.6) is 0 Å². The predicted octanol–water partition coefficient (Wildman–Crippen LogP) is 0.689. The Labute approximate surface area is 162 Å². The van der Waals surface area contributed by atoms with Crippen LogP contribution in [-0.2, 0) is 0 Å². The van der Waals surface area contributed by atoms with Gasteiger partial charge >= 0.3 is 5.69 Å². The van der Waals surface area contributed by atoms with E-state index in [1.165, 1.54) is 49.1 Å². The molecule has 0 saturated carbocycles. The minimum Gasteiger partial charge on any atom is -0.276 e. The average Bonchev–Trinajstić information content (AvgIpc) is 2.76. The Kier molecular flexibility index (Phi) is 5.80. The number of nitro groups is 1. The third kappa shape index (κ3) is 4.73. The van der Waals surface area contributed by atoms with Gasteiger partial charge in [-0.15, -0.1) is 0 Å². The smallest absolute Gasteiger partial charge is 0.276 e. The molecular weight excluding hydrogens is 382 g/mol. The molecule has 13 heteroatoms. The van der Waals surface area contributed by atoms with E-state index in [-0.39, 0.29) is 22.8 Å². The summed E-state index contributed by atoms with van der Waals surface area (Å²) >= 11 is 0. The minimum atomic E-state index is -0.762. The maximum Gasteiger partial charge on any atom is 0.356 e. The van der Waals surface area contributed by atoms with E-state index in [1.807, 2.05) is 0 Å². The first-order chi connectivity index (χ1) is 14.1. The fourth-order valence-electron chi connectivity index (χ4n) is 2.12. The zero-order valence-electron chi connectivity index (χ0n) is 14.6. The zero-order chi connectivity index (χ0) is 20.6. The van der Waals surface area contributed by atoms with Crippen LogP contribution in [0.2, 0.25) is 0 Å². The van der Waals surface area contributed by atoms with Crippen LogP contribution < -0.4 is 21.7 Å². The molecule has 0 atom stereocenters. The van der Waals surface area contributed by atoms with Crippen molar-refractivity contribution in [3.8, 4) is 0 Å². The maximum atomic E-state index is 12.1. The fourth-order valence-corrected chi connectivity index (χ4v) is 2.12. The highest BCUT2D eigenvalue weighted by molar-refractivity contribution is 5.95. The van der Waals surface area contributed by atoms with Gasteiger partial charge in [0.15, 0.2) is 0 Å². The van der Waals surface area contributed by atoms with Crippen molar-refractivity contribution in [1.29, 1.82) is 0 Å². The summed E-state index contributed by atoms with van der Waals surface area (Å²) in [5, 5.41) is 11.5. The summed E-state index contributed by atoms with van der Waals surface area (Å²) in [5.41, 5.74) is 9.33. The van der Waals surface area contributed by atoms with Crippen LogP contribution >= 0.6 is 0 Å². The molecule has 3 aromatic rings. The van der Waals surface area contributed by atoms with Crippen LogP contribution in [0, 0.1) is 10.1 Å². The van der Waals surface area contributed by atoms with Gasteiger partial charge in [-0.1, -0.05) is 0 Å². The number of carbonyl (C=O) groups is 2. The molecule has 0 aliphatic carbocycles. The zero-order valence-corrected chi connectivity index (χ0v) is 14.6. The molecule has 29 heavy (non-hydrogen) atoms. The third-order valence-corrected chi connectivity index (χ3v) is 3.48. The molecule has 2 amide bonds. The molecule has 0 aliphatic rings. The number of pyridine rings is 2. The average molecular weight is 395 g/mol. The van der Waals surface area contributed by atoms with Crippen LogP contribution in [0.1, 0.15) is 20.7 Å². The quantitative estimate of drug-likeness (QED) is 0.329. The first-order valence-corrected chi connectivity index (χ1v) is 7.98. The second-order valence-corrected chi connectivity index (χ2v) is 5.31. The van der Waals surface area contributed by atoms with Gasteiger partial charge in [-0.25, -0.2) is 9.97 Å². The maximum absolute atomic E-state index is 12.1. The van der Waals surface area contributed by atoms with E-state index in [1.54, 1.807) is 0 Å². The minimum absolute atomic E-state index is 0.284.